The van der Waals surface area contributed by atoms with Crippen LogP contribution in [-0.2, 0) is 19.6 Å². The first-order chi connectivity index (χ1) is 18.5. The Balaban J connectivity index is 1.49. The Hall–Kier alpha value is -4.30. The van der Waals surface area contributed by atoms with Crippen LogP contribution in [0, 0.1) is 6.92 Å². The fraction of sp³-hybridized carbons (Fsp3) is 0.267. The summed E-state index contributed by atoms with van der Waals surface area (Å²) in [7, 11) is 1.66. The molecule has 5 aromatic rings. The number of ether oxygens (including phenoxy) is 1. The van der Waals surface area contributed by atoms with Crippen LogP contribution in [0.25, 0.3) is 10.9 Å². The van der Waals surface area contributed by atoms with E-state index in [2.05, 4.69) is 56.6 Å². The normalized spacial score (nSPS) is 12.2. The Morgan fingerprint density at radius 2 is 1.76 bits per heavy atom. The minimum atomic E-state index is -0.100. The molecule has 194 valence electrons. The van der Waals surface area contributed by atoms with Crippen molar-refractivity contribution in [2.45, 2.75) is 45.9 Å². The molecule has 1 atom stereocenters. The molecule has 0 aliphatic rings. The summed E-state index contributed by atoms with van der Waals surface area (Å²) in [5.41, 5.74) is 4.84. The number of rotatable bonds is 10. The fourth-order valence-electron chi connectivity index (χ4n) is 4.86. The number of fused-ring (bicyclic) bond motifs is 1. The molecule has 0 fully saturated rings. The third kappa shape index (κ3) is 5.65. The average Bonchev–Trinajstić information content (AvgIpc) is 3.38. The lowest BCUT2D eigenvalue weighted by Crippen LogP contribution is -2.32. The number of tetrazole rings is 1. The van der Waals surface area contributed by atoms with E-state index in [1.807, 2.05) is 66.2 Å². The van der Waals surface area contributed by atoms with E-state index in [4.69, 9.17) is 4.74 Å². The van der Waals surface area contributed by atoms with Crippen molar-refractivity contribution in [2.24, 2.45) is 0 Å². The maximum Gasteiger partial charge on any atom is 0.252 e. The van der Waals surface area contributed by atoms with Crippen LogP contribution < -0.4 is 10.3 Å². The van der Waals surface area contributed by atoms with Crippen molar-refractivity contribution >= 4 is 10.9 Å². The number of methoxy groups -OCH3 is 1. The standard InChI is InChI=1S/C30H32N6O2/c1-4-28(29-32-33-34-36(29)19-23-11-14-26(38-3)15-12-23)35(18-22-8-6-5-7-9-22)20-25-17-24-13-10-21(2)16-27(24)31-30(25)37/h5-17,28H,4,18-20H2,1-3H3,(H,31,37). The molecule has 2 heterocycles. The summed E-state index contributed by atoms with van der Waals surface area (Å²) in [4.78, 5) is 18.5. The Kier molecular flexibility index (Phi) is 7.60. The molecule has 0 radical (unpaired) electrons. The number of benzene rings is 3. The van der Waals surface area contributed by atoms with Crippen molar-refractivity contribution in [3.63, 3.8) is 0 Å². The molecule has 3 aromatic carbocycles. The van der Waals surface area contributed by atoms with E-state index in [0.717, 1.165) is 45.6 Å². The molecule has 0 aliphatic carbocycles. The van der Waals surface area contributed by atoms with Crippen LogP contribution in [-0.4, -0.2) is 37.2 Å². The second-order valence-corrected chi connectivity index (χ2v) is 9.57. The molecular formula is C30H32N6O2. The molecule has 0 bridgehead atoms. The van der Waals surface area contributed by atoms with Crippen molar-refractivity contribution in [3.8, 4) is 5.75 Å². The van der Waals surface area contributed by atoms with Crippen molar-refractivity contribution in [3.05, 3.63) is 117 Å². The van der Waals surface area contributed by atoms with Gasteiger partial charge >= 0.3 is 0 Å². The highest BCUT2D eigenvalue weighted by atomic mass is 16.5. The van der Waals surface area contributed by atoms with E-state index in [1.54, 1.807) is 7.11 Å². The molecule has 5 rings (SSSR count). The maximum absolute atomic E-state index is 13.2. The Morgan fingerprint density at radius 3 is 2.50 bits per heavy atom. The number of aryl methyl sites for hydroxylation is 1. The number of pyridine rings is 1. The van der Waals surface area contributed by atoms with Gasteiger partial charge in [0, 0.05) is 24.2 Å². The van der Waals surface area contributed by atoms with Gasteiger partial charge in [0.15, 0.2) is 5.82 Å². The number of nitrogens with one attached hydrogen (secondary N) is 1. The van der Waals surface area contributed by atoms with Gasteiger partial charge in [-0.15, -0.1) is 5.10 Å². The minimum Gasteiger partial charge on any atom is -0.497 e. The number of hydrogen-bond acceptors (Lipinski definition) is 6. The maximum atomic E-state index is 13.2. The number of aromatic amines is 1. The van der Waals surface area contributed by atoms with Gasteiger partial charge in [-0.3, -0.25) is 9.69 Å². The number of nitrogens with zero attached hydrogens (tertiary/aromatic N) is 5. The van der Waals surface area contributed by atoms with E-state index >= 15 is 0 Å². The number of H-pyrrole nitrogens is 1. The Bertz CT molecular complexity index is 1560. The van der Waals surface area contributed by atoms with E-state index in [1.165, 1.54) is 0 Å². The van der Waals surface area contributed by atoms with Gasteiger partial charge in [0.2, 0.25) is 0 Å². The highest BCUT2D eigenvalue weighted by Gasteiger charge is 2.26. The van der Waals surface area contributed by atoms with Crippen LogP contribution in [0.1, 0.15) is 47.5 Å². The zero-order valence-corrected chi connectivity index (χ0v) is 22.0. The Labute approximate surface area is 221 Å². The van der Waals surface area contributed by atoms with Gasteiger partial charge in [0.1, 0.15) is 5.75 Å². The van der Waals surface area contributed by atoms with E-state index < -0.39 is 0 Å². The van der Waals surface area contributed by atoms with Crippen LogP contribution in [0.15, 0.2) is 83.7 Å². The zero-order chi connectivity index (χ0) is 26.5. The van der Waals surface area contributed by atoms with Crippen LogP contribution in [0.2, 0.25) is 0 Å². The summed E-state index contributed by atoms with van der Waals surface area (Å²) in [6.07, 6.45) is 0.778. The monoisotopic (exact) mass is 508 g/mol. The van der Waals surface area contributed by atoms with Gasteiger partial charge < -0.3 is 9.72 Å². The smallest absolute Gasteiger partial charge is 0.252 e. The van der Waals surface area contributed by atoms with Gasteiger partial charge in [-0.2, -0.15) is 0 Å². The number of hydrogen-bond donors (Lipinski definition) is 1. The molecule has 1 unspecified atom stereocenters. The predicted molar refractivity (Wildman–Crippen MR) is 148 cm³/mol. The molecule has 0 spiro atoms. The quantitative estimate of drug-likeness (QED) is 0.285. The number of aromatic nitrogens is 5. The van der Waals surface area contributed by atoms with Crippen LogP contribution in [0.4, 0.5) is 0 Å². The van der Waals surface area contributed by atoms with Crippen LogP contribution >= 0.6 is 0 Å². The summed E-state index contributed by atoms with van der Waals surface area (Å²) in [5, 5.41) is 13.8. The summed E-state index contributed by atoms with van der Waals surface area (Å²) in [5.74, 6) is 1.58. The second kappa shape index (κ2) is 11.4. The van der Waals surface area contributed by atoms with E-state index in [9.17, 15) is 4.79 Å². The first-order valence-corrected chi connectivity index (χ1v) is 12.8. The van der Waals surface area contributed by atoms with Crippen LogP contribution in [0.3, 0.4) is 0 Å². The van der Waals surface area contributed by atoms with Gasteiger partial charge in [0.25, 0.3) is 5.56 Å². The van der Waals surface area contributed by atoms with Gasteiger partial charge in [0.05, 0.1) is 19.7 Å². The average molecular weight is 509 g/mol. The lowest BCUT2D eigenvalue weighted by atomic mass is 10.1. The van der Waals surface area contributed by atoms with E-state index in [-0.39, 0.29) is 11.6 Å². The largest absolute Gasteiger partial charge is 0.497 e. The lowest BCUT2D eigenvalue weighted by Gasteiger charge is -2.30. The third-order valence-corrected chi connectivity index (χ3v) is 6.86. The van der Waals surface area contributed by atoms with E-state index in [0.29, 0.717) is 25.2 Å². The van der Waals surface area contributed by atoms with Gasteiger partial charge in [-0.05, 0) is 70.1 Å². The summed E-state index contributed by atoms with van der Waals surface area (Å²) in [6, 6.07) is 26.2. The molecule has 0 saturated heterocycles. The molecule has 1 N–H and O–H groups in total. The molecule has 0 aliphatic heterocycles. The molecule has 0 saturated carbocycles. The van der Waals surface area contributed by atoms with Crippen LogP contribution in [0.5, 0.6) is 5.75 Å². The highest BCUT2D eigenvalue weighted by molar-refractivity contribution is 5.79. The summed E-state index contributed by atoms with van der Waals surface area (Å²) >= 11 is 0. The second-order valence-electron chi connectivity index (χ2n) is 9.57. The van der Waals surface area contributed by atoms with Crippen molar-refractivity contribution in [1.82, 2.24) is 30.1 Å². The first-order valence-electron chi connectivity index (χ1n) is 12.8. The lowest BCUT2D eigenvalue weighted by molar-refractivity contribution is 0.161. The third-order valence-electron chi connectivity index (χ3n) is 6.86. The van der Waals surface area contributed by atoms with Crippen molar-refractivity contribution in [2.75, 3.05) is 7.11 Å². The highest BCUT2D eigenvalue weighted by Crippen LogP contribution is 2.27. The zero-order valence-electron chi connectivity index (χ0n) is 22.0. The minimum absolute atomic E-state index is 0.0751. The summed E-state index contributed by atoms with van der Waals surface area (Å²) in [6.45, 7) is 5.80. The molecule has 2 aromatic heterocycles. The molecule has 8 heteroatoms. The first kappa shape index (κ1) is 25.4. The van der Waals surface area contributed by atoms with Crippen molar-refractivity contribution in [1.29, 1.82) is 0 Å². The van der Waals surface area contributed by atoms with Crippen molar-refractivity contribution < 1.29 is 4.74 Å². The fourth-order valence-corrected chi connectivity index (χ4v) is 4.86. The van der Waals surface area contributed by atoms with Gasteiger partial charge in [-0.25, -0.2) is 4.68 Å². The SMILES string of the molecule is CCC(c1nnnn1Cc1ccc(OC)cc1)N(Cc1ccccc1)Cc1cc2ccc(C)cc2[nH]c1=O. The molecule has 0 amide bonds. The predicted octanol–water partition coefficient (Wildman–Crippen LogP) is 5.03. The topological polar surface area (TPSA) is 88.9 Å². The van der Waals surface area contributed by atoms with Gasteiger partial charge in [-0.1, -0.05) is 61.5 Å². The summed E-state index contributed by atoms with van der Waals surface area (Å²) < 4.78 is 7.14. The Morgan fingerprint density at radius 1 is 0.974 bits per heavy atom. The molecular weight excluding hydrogens is 476 g/mol. The molecule has 38 heavy (non-hydrogen) atoms. The molecule has 8 nitrogen and oxygen atoms in total.